The Morgan fingerprint density at radius 1 is 1.29 bits per heavy atom. The number of hydrogen-bond donors (Lipinski definition) is 1. The van der Waals surface area contributed by atoms with Crippen molar-refractivity contribution in [1.82, 2.24) is 5.32 Å². The molecule has 0 radical (unpaired) electrons. The maximum Gasteiger partial charge on any atom is 0.573 e. The molecule has 0 fully saturated rings. The molecule has 0 aromatic heterocycles. The van der Waals surface area contributed by atoms with Gasteiger partial charge >= 0.3 is 6.36 Å². The summed E-state index contributed by atoms with van der Waals surface area (Å²) < 4.78 is 40.7. The van der Waals surface area contributed by atoms with Crippen LogP contribution in [0.15, 0.2) is 22.7 Å². The van der Waals surface area contributed by atoms with Gasteiger partial charge in [0.25, 0.3) is 0 Å². The largest absolute Gasteiger partial charge is 0.573 e. The van der Waals surface area contributed by atoms with Crippen LogP contribution in [-0.4, -0.2) is 12.4 Å². The molecule has 2 nitrogen and oxygen atoms in total. The molecule has 1 N–H and O–H groups in total. The van der Waals surface area contributed by atoms with Crippen LogP contribution >= 0.6 is 15.9 Å². The molecule has 0 bridgehead atoms. The van der Waals surface area contributed by atoms with Gasteiger partial charge in [-0.1, -0.05) is 32.3 Å². The number of alkyl halides is 3. The Morgan fingerprint density at radius 2 is 2.00 bits per heavy atom. The summed E-state index contributed by atoms with van der Waals surface area (Å²) in [5.41, 5.74) is 0.916. The Balaban J connectivity index is 2.48. The predicted octanol–water partition coefficient (Wildman–Crippen LogP) is 5.41. The highest BCUT2D eigenvalue weighted by molar-refractivity contribution is 9.10. The van der Waals surface area contributed by atoms with E-state index in [1.165, 1.54) is 25.3 Å². The number of hydrogen-bond acceptors (Lipinski definition) is 2. The van der Waals surface area contributed by atoms with E-state index in [1.54, 1.807) is 12.1 Å². The molecule has 1 aromatic rings. The molecule has 120 valence electrons. The quantitative estimate of drug-likeness (QED) is 0.620. The van der Waals surface area contributed by atoms with Crippen molar-refractivity contribution in [2.45, 2.75) is 58.5 Å². The Morgan fingerprint density at radius 3 is 2.57 bits per heavy atom. The van der Waals surface area contributed by atoms with E-state index in [4.69, 9.17) is 0 Å². The smallest absolute Gasteiger partial charge is 0.405 e. The highest BCUT2D eigenvalue weighted by atomic mass is 79.9. The first-order chi connectivity index (χ1) is 9.81. The molecular formula is C15H21BrF3NO. The van der Waals surface area contributed by atoms with Crippen LogP contribution in [0.25, 0.3) is 0 Å². The first kappa shape index (κ1) is 18.3. The molecule has 0 amide bonds. The van der Waals surface area contributed by atoms with Crippen molar-refractivity contribution in [2.75, 3.05) is 0 Å². The average Bonchev–Trinajstić information content (AvgIpc) is 2.38. The van der Waals surface area contributed by atoms with Crippen molar-refractivity contribution in [3.05, 3.63) is 28.2 Å². The molecule has 0 heterocycles. The topological polar surface area (TPSA) is 21.3 Å². The van der Waals surface area contributed by atoms with E-state index < -0.39 is 6.36 Å². The van der Waals surface area contributed by atoms with Crippen molar-refractivity contribution in [2.24, 2.45) is 0 Å². The van der Waals surface area contributed by atoms with Gasteiger partial charge in [-0.2, -0.15) is 0 Å². The zero-order valence-corrected chi connectivity index (χ0v) is 13.9. The number of ether oxygens (including phenoxy) is 1. The number of benzene rings is 1. The summed E-state index contributed by atoms with van der Waals surface area (Å²) in [7, 11) is 0. The van der Waals surface area contributed by atoms with Gasteiger partial charge in [-0.3, -0.25) is 0 Å². The molecule has 6 heteroatoms. The van der Waals surface area contributed by atoms with E-state index in [1.807, 2.05) is 0 Å². The molecule has 1 aromatic carbocycles. The highest BCUT2D eigenvalue weighted by Gasteiger charge is 2.31. The van der Waals surface area contributed by atoms with Crippen molar-refractivity contribution >= 4 is 15.9 Å². The van der Waals surface area contributed by atoms with Gasteiger partial charge in [0.15, 0.2) is 0 Å². The minimum Gasteiger partial charge on any atom is -0.405 e. The first-order valence-corrected chi connectivity index (χ1v) is 7.88. The Labute approximate surface area is 132 Å². The molecule has 0 saturated carbocycles. The van der Waals surface area contributed by atoms with Gasteiger partial charge < -0.3 is 10.1 Å². The third-order valence-corrected chi connectivity index (χ3v) is 3.74. The fraction of sp³-hybridized carbons (Fsp3) is 0.600. The molecule has 0 aliphatic carbocycles. The lowest BCUT2D eigenvalue weighted by Crippen LogP contribution is -2.25. The van der Waals surface area contributed by atoms with Crippen LogP contribution in [0.1, 0.15) is 45.1 Å². The number of unbranched alkanes of at least 4 members (excludes halogenated alkanes) is 2. The lowest BCUT2D eigenvalue weighted by atomic mass is 10.1. The zero-order chi connectivity index (χ0) is 15.9. The third-order valence-electron chi connectivity index (χ3n) is 3.12. The molecule has 0 aliphatic heterocycles. The fourth-order valence-corrected chi connectivity index (χ4v) is 2.46. The van der Waals surface area contributed by atoms with Crippen molar-refractivity contribution in [3.8, 4) is 5.75 Å². The summed E-state index contributed by atoms with van der Waals surface area (Å²) >= 11 is 3.11. The predicted molar refractivity (Wildman–Crippen MR) is 81.3 cm³/mol. The summed E-state index contributed by atoms with van der Waals surface area (Å²) in [6.45, 7) is 4.91. The Bertz CT molecular complexity index is 437. The van der Waals surface area contributed by atoms with Crippen LogP contribution in [-0.2, 0) is 6.54 Å². The molecule has 1 atom stereocenters. The monoisotopic (exact) mass is 367 g/mol. The second-order valence-corrected chi connectivity index (χ2v) is 5.94. The van der Waals surface area contributed by atoms with Crippen molar-refractivity contribution < 1.29 is 17.9 Å². The Kier molecular flexibility index (Phi) is 7.52. The SMILES string of the molecule is CCCCCC(C)NCc1ccc(OC(F)(F)F)c(Br)c1. The fourth-order valence-electron chi connectivity index (χ4n) is 1.96. The Hall–Kier alpha value is -0.750. The van der Waals surface area contributed by atoms with Crippen LogP contribution in [0, 0.1) is 0 Å². The van der Waals surface area contributed by atoms with Gasteiger partial charge in [-0.15, -0.1) is 13.2 Å². The average molecular weight is 368 g/mol. The zero-order valence-electron chi connectivity index (χ0n) is 12.3. The second-order valence-electron chi connectivity index (χ2n) is 5.09. The highest BCUT2D eigenvalue weighted by Crippen LogP contribution is 2.31. The van der Waals surface area contributed by atoms with Gasteiger partial charge in [0.2, 0.25) is 0 Å². The molecule has 1 unspecified atom stereocenters. The van der Waals surface area contributed by atoms with Crippen LogP contribution in [0.4, 0.5) is 13.2 Å². The van der Waals surface area contributed by atoms with Crippen molar-refractivity contribution in [3.63, 3.8) is 0 Å². The van der Waals surface area contributed by atoms with Gasteiger partial charge in [0.05, 0.1) is 4.47 Å². The maximum atomic E-state index is 12.2. The van der Waals surface area contributed by atoms with Crippen LogP contribution in [0.5, 0.6) is 5.75 Å². The summed E-state index contributed by atoms with van der Waals surface area (Å²) in [6.07, 6.45) is 0.0362. The van der Waals surface area contributed by atoms with Gasteiger partial charge in [0.1, 0.15) is 5.75 Å². The van der Waals surface area contributed by atoms with Gasteiger partial charge in [0, 0.05) is 12.6 Å². The summed E-state index contributed by atoms with van der Waals surface area (Å²) in [5, 5.41) is 3.37. The van der Waals surface area contributed by atoms with E-state index in [-0.39, 0.29) is 5.75 Å². The van der Waals surface area contributed by atoms with Crippen LogP contribution in [0.3, 0.4) is 0 Å². The van der Waals surface area contributed by atoms with E-state index in [0.717, 1.165) is 12.0 Å². The van der Waals surface area contributed by atoms with E-state index in [9.17, 15) is 13.2 Å². The molecule has 0 saturated heterocycles. The molecular weight excluding hydrogens is 347 g/mol. The first-order valence-electron chi connectivity index (χ1n) is 7.09. The second kappa shape index (κ2) is 8.63. The van der Waals surface area contributed by atoms with Gasteiger partial charge in [-0.25, -0.2) is 0 Å². The maximum absolute atomic E-state index is 12.2. The minimum atomic E-state index is -4.67. The molecule has 0 spiro atoms. The minimum absolute atomic E-state index is 0.220. The van der Waals surface area contributed by atoms with Crippen molar-refractivity contribution in [1.29, 1.82) is 0 Å². The molecule has 0 aliphatic rings. The third kappa shape index (κ3) is 7.71. The summed E-state index contributed by atoms with van der Waals surface area (Å²) in [5.74, 6) is -0.220. The lowest BCUT2D eigenvalue weighted by Gasteiger charge is -2.15. The number of nitrogens with one attached hydrogen (secondary N) is 1. The van der Waals surface area contributed by atoms with E-state index in [2.05, 4.69) is 39.8 Å². The van der Waals surface area contributed by atoms with Crippen LogP contribution in [0.2, 0.25) is 0 Å². The van der Waals surface area contributed by atoms with E-state index in [0.29, 0.717) is 17.1 Å². The number of halogens is 4. The normalized spacial score (nSPS) is 13.2. The summed E-state index contributed by atoms with van der Waals surface area (Å²) in [4.78, 5) is 0. The van der Waals surface area contributed by atoms with Gasteiger partial charge in [-0.05, 0) is 47.0 Å². The van der Waals surface area contributed by atoms with Crippen LogP contribution < -0.4 is 10.1 Å². The van der Waals surface area contributed by atoms with E-state index >= 15 is 0 Å². The number of rotatable bonds is 8. The standard InChI is InChI=1S/C15H21BrF3NO/c1-3-4-5-6-11(2)20-10-12-7-8-14(13(16)9-12)21-15(17,18)19/h7-9,11,20H,3-6,10H2,1-2H3. The molecule has 1 rings (SSSR count). The lowest BCUT2D eigenvalue weighted by molar-refractivity contribution is -0.274. The molecule has 21 heavy (non-hydrogen) atoms. The summed E-state index contributed by atoms with van der Waals surface area (Å²) in [6, 6.07) is 5.00.